The van der Waals surface area contributed by atoms with Crippen LogP contribution in [0.25, 0.3) is 0 Å². The van der Waals surface area contributed by atoms with Crippen LogP contribution in [0, 0.1) is 11.8 Å². The van der Waals surface area contributed by atoms with Gasteiger partial charge in [0.05, 0.1) is 11.8 Å². The van der Waals surface area contributed by atoms with Gasteiger partial charge in [-0.25, -0.2) is 4.79 Å². The molecule has 116 valence electrons. The van der Waals surface area contributed by atoms with Gasteiger partial charge in [-0.1, -0.05) is 18.7 Å². The number of carboxylic acid groups (broad SMARTS) is 1. The van der Waals surface area contributed by atoms with E-state index >= 15 is 0 Å². The Morgan fingerprint density at radius 3 is 2.67 bits per heavy atom. The number of ether oxygens (including phenoxy) is 2. The fourth-order valence-electron chi connectivity index (χ4n) is 1.98. The Hall–Kier alpha value is -2.11. The maximum Gasteiger partial charge on any atom is 0.333 e. The van der Waals surface area contributed by atoms with Gasteiger partial charge in [0.25, 0.3) is 0 Å². The Labute approximate surface area is 123 Å². The minimum atomic E-state index is -1.05. The van der Waals surface area contributed by atoms with Gasteiger partial charge in [-0.15, -0.1) is 0 Å². The predicted octanol–water partition coefficient (Wildman–Crippen LogP) is 1.70. The normalized spacial score (nSPS) is 22.2. The molecule has 3 unspecified atom stereocenters. The predicted molar refractivity (Wildman–Crippen MR) is 74.3 cm³/mol. The molecule has 1 rings (SSSR count). The molecule has 6 nitrogen and oxygen atoms in total. The summed E-state index contributed by atoms with van der Waals surface area (Å²) in [4.78, 5) is 34.3. The van der Waals surface area contributed by atoms with Crippen LogP contribution in [0.5, 0.6) is 0 Å². The third-order valence-corrected chi connectivity index (χ3v) is 3.13. The van der Waals surface area contributed by atoms with Gasteiger partial charge in [0.1, 0.15) is 12.7 Å². The van der Waals surface area contributed by atoms with E-state index in [4.69, 9.17) is 14.6 Å². The molecule has 0 aromatic rings. The zero-order valence-corrected chi connectivity index (χ0v) is 12.2. The van der Waals surface area contributed by atoms with Crippen LogP contribution >= 0.6 is 0 Å². The molecule has 1 aliphatic carbocycles. The number of hydrogen-bond donors (Lipinski definition) is 1. The molecular formula is C15H20O6. The van der Waals surface area contributed by atoms with Gasteiger partial charge >= 0.3 is 17.9 Å². The van der Waals surface area contributed by atoms with Crippen molar-refractivity contribution in [2.24, 2.45) is 11.8 Å². The van der Waals surface area contributed by atoms with Crippen LogP contribution in [0.1, 0.15) is 26.7 Å². The van der Waals surface area contributed by atoms with Crippen LogP contribution in [0.4, 0.5) is 0 Å². The van der Waals surface area contributed by atoms with E-state index in [-0.39, 0.29) is 12.2 Å². The SMILES string of the molecule is C=C(C)C(=O)OC(C)COC(=O)C1CCC=CC1C(=O)O. The molecule has 0 saturated carbocycles. The summed E-state index contributed by atoms with van der Waals surface area (Å²) in [6, 6.07) is 0. The van der Waals surface area contributed by atoms with Gasteiger partial charge in [0, 0.05) is 5.57 Å². The number of aliphatic carboxylic acids is 1. The lowest BCUT2D eigenvalue weighted by Gasteiger charge is -2.23. The number of allylic oxidation sites excluding steroid dienone is 1. The lowest BCUT2D eigenvalue weighted by molar-refractivity contribution is -0.162. The summed E-state index contributed by atoms with van der Waals surface area (Å²) in [5, 5.41) is 9.08. The van der Waals surface area contributed by atoms with Crippen molar-refractivity contribution in [3.63, 3.8) is 0 Å². The van der Waals surface area contributed by atoms with E-state index in [9.17, 15) is 14.4 Å². The summed E-state index contributed by atoms with van der Waals surface area (Å²) >= 11 is 0. The van der Waals surface area contributed by atoms with Crippen LogP contribution in [0.3, 0.4) is 0 Å². The number of rotatable bonds is 6. The largest absolute Gasteiger partial charge is 0.481 e. The second-order valence-electron chi connectivity index (χ2n) is 5.10. The first-order valence-electron chi connectivity index (χ1n) is 6.75. The molecule has 0 aromatic heterocycles. The number of carbonyl (C=O) groups excluding carboxylic acids is 2. The molecule has 0 spiro atoms. The number of esters is 2. The summed E-state index contributed by atoms with van der Waals surface area (Å²) in [6.07, 6.45) is 3.73. The van der Waals surface area contributed by atoms with E-state index in [1.807, 2.05) is 0 Å². The van der Waals surface area contributed by atoms with Crippen LogP contribution in [-0.4, -0.2) is 35.7 Å². The molecule has 0 aromatic carbocycles. The highest BCUT2D eigenvalue weighted by Gasteiger charge is 2.34. The van der Waals surface area contributed by atoms with E-state index in [1.165, 1.54) is 13.0 Å². The second kappa shape index (κ2) is 7.61. The first-order valence-corrected chi connectivity index (χ1v) is 6.75. The fraction of sp³-hybridized carbons (Fsp3) is 0.533. The number of carbonyl (C=O) groups is 3. The minimum absolute atomic E-state index is 0.107. The lowest BCUT2D eigenvalue weighted by Crippen LogP contribution is -2.33. The fourth-order valence-corrected chi connectivity index (χ4v) is 1.98. The quantitative estimate of drug-likeness (QED) is 0.456. The van der Waals surface area contributed by atoms with Crippen molar-refractivity contribution in [2.75, 3.05) is 6.61 Å². The van der Waals surface area contributed by atoms with E-state index in [0.717, 1.165) is 0 Å². The van der Waals surface area contributed by atoms with E-state index in [1.54, 1.807) is 13.0 Å². The van der Waals surface area contributed by atoms with Crippen LogP contribution in [0.15, 0.2) is 24.3 Å². The Kier molecular flexibility index (Phi) is 6.14. The Morgan fingerprint density at radius 1 is 1.43 bits per heavy atom. The second-order valence-corrected chi connectivity index (χ2v) is 5.10. The number of hydrogen-bond acceptors (Lipinski definition) is 5. The highest BCUT2D eigenvalue weighted by atomic mass is 16.6. The molecule has 0 saturated heterocycles. The topological polar surface area (TPSA) is 89.9 Å². The van der Waals surface area contributed by atoms with Gasteiger partial charge in [-0.3, -0.25) is 9.59 Å². The monoisotopic (exact) mass is 296 g/mol. The molecule has 1 N–H and O–H groups in total. The first-order chi connectivity index (χ1) is 9.82. The zero-order valence-electron chi connectivity index (χ0n) is 12.2. The molecule has 21 heavy (non-hydrogen) atoms. The van der Waals surface area contributed by atoms with Crippen molar-refractivity contribution in [2.45, 2.75) is 32.8 Å². The molecule has 0 amide bonds. The van der Waals surface area contributed by atoms with Gasteiger partial charge in [0.2, 0.25) is 0 Å². The van der Waals surface area contributed by atoms with Gasteiger partial charge in [-0.2, -0.15) is 0 Å². The van der Waals surface area contributed by atoms with Crippen molar-refractivity contribution >= 4 is 17.9 Å². The van der Waals surface area contributed by atoms with Crippen molar-refractivity contribution in [1.29, 1.82) is 0 Å². The maximum atomic E-state index is 12.0. The minimum Gasteiger partial charge on any atom is -0.481 e. The smallest absolute Gasteiger partial charge is 0.333 e. The Balaban J connectivity index is 2.49. The van der Waals surface area contributed by atoms with E-state index in [2.05, 4.69) is 6.58 Å². The average molecular weight is 296 g/mol. The Morgan fingerprint density at radius 2 is 2.10 bits per heavy atom. The van der Waals surface area contributed by atoms with Crippen molar-refractivity contribution in [1.82, 2.24) is 0 Å². The first kappa shape index (κ1) is 16.9. The summed E-state index contributed by atoms with van der Waals surface area (Å²) in [5.41, 5.74) is 0.261. The molecule has 1 aliphatic rings. The van der Waals surface area contributed by atoms with E-state index in [0.29, 0.717) is 12.8 Å². The standard InChI is InChI=1S/C15H20O6/c1-9(2)14(18)21-10(3)8-20-15(19)12-7-5-4-6-11(12)13(16)17/h4,6,10-12H,1,5,7-8H2,2-3H3,(H,16,17). The van der Waals surface area contributed by atoms with Crippen LogP contribution in [-0.2, 0) is 23.9 Å². The van der Waals surface area contributed by atoms with Gasteiger partial charge in [-0.05, 0) is 26.7 Å². The highest BCUT2D eigenvalue weighted by molar-refractivity contribution is 5.87. The van der Waals surface area contributed by atoms with Crippen molar-refractivity contribution in [3.05, 3.63) is 24.3 Å². The van der Waals surface area contributed by atoms with Crippen LogP contribution in [0.2, 0.25) is 0 Å². The molecule has 0 fully saturated rings. The maximum absolute atomic E-state index is 12.0. The molecule has 0 aliphatic heterocycles. The van der Waals surface area contributed by atoms with Gasteiger partial charge in [0.15, 0.2) is 0 Å². The van der Waals surface area contributed by atoms with Gasteiger partial charge < -0.3 is 14.6 Å². The molecule has 0 radical (unpaired) electrons. The Bertz CT molecular complexity index is 465. The lowest BCUT2D eigenvalue weighted by atomic mass is 9.84. The summed E-state index contributed by atoms with van der Waals surface area (Å²) in [7, 11) is 0. The van der Waals surface area contributed by atoms with Crippen LogP contribution < -0.4 is 0 Å². The molecule has 0 heterocycles. The summed E-state index contributed by atoms with van der Waals surface area (Å²) in [5.74, 6) is -3.74. The molecule has 0 bridgehead atoms. The molecular weight excluding hydrogens is 276 g/mol. The van der Waals surface area contributed by atoms with Crippen molar-refractivity contribution in [3.8, 4) is 0 Å². The summed E-state index contributed by atoms with van der Waals surface area (Å²) in [6.45, 7) is 6.45. The third kappa shape index (κ3) is 5.06. The number of carboxylic acids is 1. The molecule has 6 heteroatoms. The summed E-state index contributed by atoms with van der Waals surface area (Å²) < 4.78 is 10.0. The third-order valence-electron chi connectivity index (χ3n) is 3.13. The van der Waals surface area contributed by atoms with Crippen molar-refractivity contribution < 1.29 is 29.0 Å². The highest BCUT2D eigenvalue weighted by Crippen LogP contribution is 2.26. The van der Waals surface area contributed by atoms with E-state index < -0.39 is 35.8 Å². The molecule has 3 atom stereocenters. The zero-order chi connectivity index (χ0) is 16.0. The average Bonchev–Trinajstić information content (AvgIpc) is 2.44.